The summed E-state index contributed by atoms with van der Waals surface area (Å²) in [7, 11) is 0. The van der Waals surface area contributed by atoms with Gasteiger partial charge in [-0.2, -0.15) is 13.9 Å². The number of hydrogen-bond acceptors (Lipinski definition) is 3. The van der Waals surface area contributed by atoms with Crippen LogP contribution in [0.3, 0.4) is 0 Å². The molecule has 124 valence electrons. The molecule has 0 fully saturated rings. The molecule has 0 radical (unpaired) electrons. The number of aryl methyl sites for hydroxylation is 2. The lowest BCUT2D eigenvalue weighted by Crippen LogP contribution is -2.15. The molecule has 1 amide bonds. The number of amides is 1. The van der Waals surface area contributed by atoms with E-state index in [0.29, 0.717) is 12.2 Å². The lowest BCUT2D eigenvalue weighted by atomic mass is 10.3. The smallest absolute Gasteiger partial charge is 0.387 e. The molecule has 2 rings (SSSR count). The Morgan fingerprint density at radius 3 is 2.83 bits per heavy atom. The highest BCUT2D eigenvalue weighted by Gasteiger charge is 2.11. The Balaban J connectivity index is 1.91. The predicted molar refractivity (Wildman–Crippen MR) is 91.0 cm³/mol. The number of ether oxygens (including phenoxy) is 1. The third kappa shape index (κ3) is 5.31. The zero-order valence-corrected chi connectivity index (χ0v) is 14.9. The van der Waals surface area contributed by atoms with Gasteiger partial charge >= 0.3 is 6.61 Å². The van der Waals surface area contributed by atoms with Crippen LogP contribution in [0.4, 0.5) is 14.5 Å². The van der Waals surface area contributed by atoms with E-state index in [1.165, 1.54) is 18.2 Å². The number of rotatable bonds is 6. The van der Waals surface area contributed by atoms with Crippen LogP contribution in [-0.4, -0.2) is 22.3 Å². The topological polar surface area (TPSA) is 56.2 Å². The molecule has 0 saturated heterocycles. The number of anilines is 1. The molecule has 1 aromatic heterocycles. The summed E-state index contributed by atoms with van der Waals surface area (Å²) in [6.07, 6.45) is 2.08. The molecule has 0 aliphatic rings. The maximum absolute atomic E-state index is 12.1. The zero-order valence-electron chi connectivity index (χ0n) is 12.0. The second-order valence-electron chi connectivity index (χ2n) is 4.65. The fourth-order valence-corrected chi connectivity index (χ4v) is 2.47. The first-order chi connectivity index (χ1) is 10.8. The summed E-state index contributed by atoms with van der Waals surface area (Å²) >= 11 is 8.00. The molecule has 0 aliphatic carbocycles. The maximum Gasteiger partial charge on any atom is 0.387 e. The summed E-state index contributed by atoms with van der Waals surface area (Å²) in [5.41, 5.74) is 1.32. The molecule has 0 aliphatic heterocycles. The van der Waals surface area contributed by atoms with Crippen LogP contribution in [0.25, 0.3) is 0 Å². The second kappa shape index (κ2) is 7.91. The largest absolute Gasteiger partial charge is 0.433 e. The average molecular weight is 456 g/mol. The van der Waals surface area contributed by atoms with E-state index < -0.39 is 6.61 Å². The standard InChI is InChI=1S/C14H13ClF2IN3O2/c1-8-11(18)7-21(20-8)5-4-13(22)19-9-2-3-12(10(15)6-9)23-14(16)17/h2-3,6-7,14H,4-5H2,1H3,(H,19,22). The minimum Gasteiger partial charge on any atom is -0.433 e. The molecule has 5 nitrogen and oxygen atoms in total. The van der Waals surface area contributed by atoms with Gasteiger partial charge in [0.15, 0.2) is 0 Å². The van der Waals surface area contributed by atoms with E-state index in [-0.39, 0.29) is 23.1 Å². The van der Waals surface area contributed by atoms with Gasteiger partial charge in [-0.1, -0.05) is 11.6 Å². The van der Waals surface area contributed by atoms with Crippen molar-refractivity contribution in [2.75, 3.05) is 5.32 Å². The highest BCUT2D eigenvalue weighted by Crippen LogP contribution is 2.28. The van der Waals surface area contributed by atoms with Crippen LogP contribution in [0.5, 0.6) is 5.75 Å². The molecule has 0 bridgehead atoms. The predicted octanol–water partition coefficient (Wildman–Crippen LogP) is 4.08. The van der Waals surface area contributed by atoms with Crippen LogP contribution in [-0.2, 0) is 11.3 Å². The number of carbonyl (C=O) groups excluding carboxylic acids is 1. The second-order valence-corrected chi connectivity index (χ2v) is 6.22. The fraction of sp³-hybridized carbons (Fsp3) is 0.286. The molecular weight excluding hydrogens is 443 g/mol. The van der Waals surface area contributed by atoms with E-state index in [2.05, 4.69) is 37.7 Å². The highest BCUT2D eigenvalue weighted by molar-refractivity contribution is 14.1. The van der Waals surface area contributed by atoms with Crippen molar-refractivity contribution in [3.05, 3.63) is 38.7 Å². The minimum absolute atomic E-state index is 0.000328. The molecule has 1 heterocycles. The van der Waals surface area contributed by atoms with Gasteiger partial charge in [0.25, 0.3) is 0 Å². The van der Waals surface area contributed by atoms with Crippen LogP contribution < -0.4 is 10.1 Å². The van der Waals surface area contributed by atoms with Crippen LogP contribution >= 0.6 is 34.2 Å². The van der Waals surface area contributed by atoms with Gasteiger partial charge in [0.1, 0.15) is 5.75 Å². The Morgan fingerprint density at radius 1 is 1.52 bits per heavy atom. The van der Waals surface area contributed by atoms with Crippen molar-refractivity contribution in [3.8, 4) is 5.75 Å². The summed E-state index contributed by atoms with van der Waals surface area (Å²) in [4.78, 5) is 11.9. The van der Waals surface area contributed by atoms with Crippen molar-refractivity contribution in [1.82, 2.24) is 9.78 Å². The van der Waals surface area contributed by atoms with Crippen molar-refractivity contribution in [1.29, 1.82) is 0 Å². The van der Waals surface area contributed by atoms with Crippen molar-refractivity contribution < 1.29 is 18.3 Å². The molecule has 1 N–H and O–H groups in total. The van der Waals surface area contributed by atoms with E-state index in [4.69, 9.17) is 11.6 Å². The molecule has 9 heteroatoms. The Hall–Kier alpha value is -1.42. The number of benzene rings is 1. The van der Waals surface area contributed by atoms with Crippen molar-refractivity contribution >= 4 is 45.8 Å². The summed E-state index contributed by atoms with van der Waals surface area (Å²) in [6, 6.07) is 4.09. The number of aromatic nitrogens is 2. The molecule has 0 spiro atoms. The van der Waals surface area contributed by atoms with E-state index in [9.17, 15) is 13.6 Å². The average Bonchev–Trinajstić information content (AvgIpc) is 2.78. The SMILES string of the molecule is Cc1nn(CCC(=O)Nc2ccc(OC(F)F)c(Cl)c2)cc1I. The quantitative estimate of drug-likeness (QED) is 0.668. The minimum atomic E-state index is -2.95. The third-order valence-electron chi connectivity index (χ3n) is 2.89. The Bertz CT molecular complexity index is 690. The van der Waals surface area contributed by atoms with Crippen LogP contribution in [0.15, 0.2) is 24.4 Å². The van der Waals surface area contributed by atoms with Crippen molar-refractivity contribution in [3.63, 3.8) is 0 Å². The first kappa shape index (κ1) is 17.9. The lowest BCUT2D eigenvalue weighted by molar-refractivity contribution is -0.116. The molecule has 23 heavy (non-hydrogen) atoms. The normalized spacial score (nSPS) is 10.9. The van der Waals surface area contributed by atoms with E-state index in [1.54, 1.807) is 4.68 Å². The maximum atomic E-state index is 12.1. The van der Waals surface area contributed by atoms with Crippen LogP contribution in [0, 0.1) is 10.5 Å². The van der Waals surface area contributed by atoms with E-state index in [1.807, 2.05) is 13.1 Å². The summed E-state index contributed by atoms with van der Waals surface area (Å²) in [5.74, 6) is -0.368. The molecular formula is C14H13ClF2IN3O2. The Morgan fingerprint density at radius 2 is 2.26 bits per heavy atom. The Labute approximate surface area is 150 Å². The number of hydrogen-bond donors (Lipinski definition) is 1. The lowest BCUT2D eigenvalue weighted by Gasteiger charge is -2.09. The first-order valence-corrected chi connectivity index (χ1v) is 8.04. The highest BCUT2D eigenvalue weighted by atomic mass is 127. The summed E-state index contributed by atoms with van der Waals surface area (Å²) in [6.45, 7) is -0.618. The van der Waals surface area contributed by atoms with Crippen LogP contribution in [0.2, 0.25) is 5.02 Å². The van der Waals surface area contributed by atoms with E-state index in [0.717, 1.165) is 9.26 Å². The van der Waals surface area contributed by atoms with Gasteiger partial charge in [0.05, 0.1) is 14.3 Å². The zero-order chi connectivity index (χ0) is 17.0. The van der Waals surface area contributed by atoms with Crippen molar-refractivity contribution in [2.24, 2.45) is 0 Å². The number of nitrogens with zero attached hydrogens (tertiary/aromatic N) is 2. The fourth-order valence-electron chi connectivity index (χ4n) is 1.82. The molecule has 0 atom stereocenters. The van der Waals surface area contributed by atoms with Gasteiger partial charge < -0.3 is 10.1 Å². The van der Waals surface area contributed by atoms with Gasteiger partial charge in [-0.05, 0) is 47.7 Å². The first-order valence-electron chi connectivity index (χ1n) is 6.59. The molecule has 2 aromatic rings. The summed E-state index contributed by atoms with van der Waals surface area (Å²) < 4.78 is 31.2. The summed E-state index contributed by atoms with van der Waals surface area (Å²) in [5, 5.41) is 6.91. The van der Waals surface area contributed by atoms with Gasteiger partial charge in [0, 0.05) is 24.8 Å². The monoisotopic (exact) mass is 455 g/mol. The number of alkyl halides is 2. The van der Waals surface area contributed by atoms with Crippen molar-refractivity contribution in [2.45, 2.75) is 26.5 Å². The van der Waals surface area contributed by atoms with E-state index >= 15 is 0 Å². The molecule has 0 saturated carbocycles. The van der Waals surface area contributed by atoms with Gasteiger partial charge in [0.2, 0.25) is 5.91 Å². The van der Waals surface area contributed by atoms with Gasteiger partial charge in [-0.15, -0.1) is 0 Å². The Kier molecular flexibility index (Phi) is 6.17. The molecule has 0 unspecified atom stereocenters. The number of carbonyl (C=O) groups is 1. The van der Waals surface area contributed by atoms with Crippen LogP contribution in [0.1, 0.15) is 12.1 Å². The van der Waals surface area contributed by atoms with Gasteiger partial charge in [-0.25, -0.2) is 0 Å². The number of halogens is 4. The van der Waals surface area contributed by atoms with Gasteiger partial charge in [-0.3, -0.25) is 9.48 Å². The molecule has 1 aromatic carbocycles. The third-order valence-corrected chi connectivity index (χ3v) is 4.24. The number of nitrogens with one attached hydrogen (secondary N) is 1.